The standard InChI is InChI=1S/C15H12ClN3S/c1-9-6-12(17)11(16)7-14(9)20-15-10-4-2-3-5-13(10)18-8-19-15/h2-8H,17H2,1H3. The number of nitrogen functional groups attached to an aromatic ring is 1. The Hall–Kier alpha value is -1.78. The molecule has 3 aromatic rings. The fourth-order valence-corrected chi connectivity index (χ4v) is 3.18. The van der Waals surface area contributed by atoms with Crippen molar-refractivity contribution in [3.63, 3.8) is 0 Å². The average molecular weight is 302 g/mol. The van der Waals surface area contributed by atoms with E-state index in [0.29, 0.717) is 10.7 Å². The molecule has 0 unspecified atom stereocenters. The third kappa shape index (κ3) is 2.44. The molecule has 0 radical (unpaired) electrons. The largest absolute Gasteiger partial charge is 0.398 e. The van der Waals surface area contributed by atoms with E-state index < -0.39 is 0 Å². The molecule has 0 atom stereocenters. The molecule has 0 aliphatic heterocycles. The number of benzene rings is 2. The van der Waals surface area contributed by atoms with Crippen LogP contribution >= 0.6 is 23.4 Å². The average Bonchev–Trinajstić information content (AvgIpc) is 2.45. The molecule has 0 spiro atoms. The second-order valence-electron chi connectivity index (χ2n) is 4.44. The van der Waals surface area contributed by atoms with Crippen LogP contribution in [0.4, 0.5) is 5.69 Å². The van der Waals surface area contributed by atoms with Crippen LogP contribution in [0.15, 0.2) is 52.6 Å². The summed E-state index contributed by atoms with van der Waals surface area (Å²) in [6, 6.07) is 11.7. The van der Waals surface area contributed by atoms with E-state index >= 15 is 0 Å². The molecule has 3 nitrogen and oxygen atoms in total. The summed E-state index contributed by atoms with van der Waals surface area (Å²) in [4.78, 5) is 9.69. The van der Waals surface area contributed by atoms with Crippen LogP contribution in [-0.4, -0.2) is 9.97 Å². The summed E-state index contributed by atoms with van der Waals surface area (Å²) >= 11 is 7.67. The fourth-order valence-electron chi connectivity index (χ4n) is 1.96. The lowest BCUT2D eigenvalue weighted by molar-refractivity contribution is 1.10. The Labute approximate surface area is 126 Å². The highest BCUT2D eigenvalue weighted by Crippen LogP contribution is 2.36. The Bertz CT molecular complexity index is 784. The maximum atomic E-state index is 6.10. The molecule has 20 heavy (non-hydrogen) atoms. The summed E-state index contributed by atoms with van der Waals surface area (Å²) in [5, 5.41) is 2.52. The number of halogens is 1. The van der Waals surface area contributed by atoms with Gasteiger partial charge in [-0.3, -0.25) is 0 Å². The first-order valence-electron chi connectivity index (χ1n) is 6.08. The number of nitrogens with zero attached hydrogens (tertiary/aromatic N) is 2. The van der Waals surface area contributed by atoms with Crippen LogP contribution < -0.4 is 5.73 Å². The van der Waals surface area contributed by atoms with Crippen LogP contribution in [0, 0.1) is 6.92 Å². The molecule has 1 aromatic heterocycles. The molecule has 0 aliphatic rings. The molecule has 3 rings (SSSR count). The Morgan fingerprint density at radius 3 is 2.80 bits per heavy atom. The lowest BCUT2D eigenvalue weighted by Crippen LogP contribution is -1.91. The van der Waals surface area contributed by atoms with E-state index in [4.69, 9.17) is 17.3 Å². The third-order valence-electron chi connectivity index (χ3n) is 3.01. The minimum atomic E-state index is 0.566. The van der Waals surface area contributed by atoms with E-state index in [1.807, 2.05) is 43.3 Å². The van der Waals surface area contributed by atoms with E-state index in [1.54, 1.807) is 18.1 Å². The van der Waals surface area contributed by atoms with Gasteiger partial charge in [0.05, 0.1) is 16.2 Å². The number of rotatable bonds is 2. The van der Waals surface area contributed by atoms with E-state index in [2.05, 4.69) is 9.97 Å². The van der Waals surface area contributed by atoms with E-state index in [-0.39, 0.29) is 0 Å². The molecular weight excluding hydrogens is 290 g/mol. The Balaban J connectivity index is 2.08. The predicted molar refractivity (Wildman–Crippen MR) is 84.3 cm³/mol. The van der Waals surface area contributed by atoms with Crippen LogP contribution in [0.3, 0.4) is 0 Å². The molecule has 0 bridgehead atoms. The Kier molecular flexibility index (Phi) is 3.51. The van der Waals surface area contributed by atoms with Gasteiger partial charge in [0.2, 0.25) is 0 Å². The van der Waals surface area contributed by atoms with Gasteiger partial charge in [-0.05, 0) is 30.7 Å². The summed E-state index contributed by atoms with van der Waals surface area (Å²) < 4.78 is 0. The highest BCUT2D eigenvalue weighted by atomic mass is 35.5. The van der Waals surface area contributed by atoms with Crippen LogP contribution in [0.5, 0.6) is 0 Å². The van der Waals surface area contributed by atoms with Crippen molar-refractivity contribution in [3.8, 4) is 0 Å². The molecule has 2 N–H and O–H groups in total. The molecule has 0 saturated carbocycles. The normalized spacial score (nSPS) is 10.9. The van der Waals surface area contributed by atoms with Gasteiger partial charge in [0.1, 0.15) is 11.4 Å². The highest BCUT2D eigenvalue weighted by molar-refractivity contribution is 7.99. The van der Waals surface area contributed by atoms with Gasteiger partial charge >= 0.3 is 0 Å². The lowest BCUT2D eigenvalue weighted by Gasteiger charge is -2.09. The first-order chi connectivity index (χ1) is 9.65. The molecule has 0 saturated heterocycles. The molecule has 0 amide bonds. The van der Waals surface area contributed by atoms with Crippen molar-refractivity contribution in [1.29, 1.82) is 0 Å². The molecule has 2 aromatic carbocycles. The number of aryl methyl sites for hydroxylation is 1. The number of hydrogen-bond donors (Lipinski definition) is 1. The number of anilines is 1. The zero-order valence-corrected chi connectivity index (χ0v) is 12.4. The minimum absolute atomic E-state index is 0.566. The summed E-state index contributed by atoms with van der Waals surface area (Å²) in [6.45, 7) is 2.01. The number of nitrogens with two attached hydrogens (primary N) is 1. The van der Waals surface area contributed by atoms with Gasteiger partial charge in [-0.1, -0.05) is 41.6 Å². The molecule has 5 heteroatoms. The topological polar surface area (TPSA) is 51.8 Å². The summed E-state index contributed by atoms with van der Waals surface area (Å²) in [7, 11) is 0. The number of hydrogen-bond acceptors (Lipinski definition) is 4. The monoisotopic (exact) mass is 301 g/mol. The zero-order valence-electron chi connectivity index (χ0n) is 10.8. The van der Waals surface area contributed by atoms with Gasteiger partial charge in [0, 0.05) is 10.3 Å². The number of para-hydroxylation sites is 1. The predicted octanol–water partition coefficient (Wildman–Crippen LogP) is 4.33. The Morgan fingerprint density at radius 2 is 1.95 bits per heavy atom. The van der Waals surface area contributed by atoms with Gasteiger partial charge in [-0.25, -0.2) is 9.97 Å². The van der Waals surface area contributed by atoms with Crippen molar-refractivity contribution in [2.45, 2.75) is 16.8 Å². The van der Waals surface area contributed by atoms with Crippen molar-refractivity contribution in [1.82, 2.24) is 9.97 Å². The maximum Gasteiger partial charge on any atom is 0.117 e. The molecule has 0 aliphatic carbocycles. The quantitative estimate of drug-likeness (QED) is 0.565. The first-order valence-corrected chi connectivity index (χ1v) is 7.28. The summed E-state index contributed by atoms with van der Waals surface area (Å²) in [6.07, 6.45) is 1.58. The van der Waals surface area contributed by atoms with Crippen molar-refractivity contribution < 1.29 is 0 Å². The van der Waals surface area contributed by atoms with Crippen molar-refractivity contribution >= 4 is 40.0 Å². The van der Waals surface area contributed by atoms with E-state index in [0.717, 1.165) is 26.4 Å². The lowest BCUT2D eigenvalue weighted by atomic mass is 10.2. The smallest absolute Gasteiger partial charge is 0.117 e. The van der Waals surface area contributed by atoms with Crippen molar-refractivity contribution in [2.75, 3.05) is 5.73 Å². The third-order valence-corrected chi connectivity index (χ3v) is 4.51. The highest BCUT2D eigenvalue weighted by Gasteiger charge is 2.09. The van der Waals surface area contributed by atoms with Gasteiger partial charge in [0.25, 0.3) is 0 Å². The second kappa shape index (κ2) is 5.31. The molecule has 100 valence electrons. The second-order valence-corrected chi connectivity index (χ2v) is 5.88. The van der Waals surface area contributed by atoms with Gasteiger partial charge in [-0.15, -0.1) is 0 Å². The molecule has 1 heterocycles. The molecule has 0 fully saturated rings. The fraction of sp³-hybridized carbons (Fsp3) is 0.0667. The molecular formula is C15H12ClN3S. The van der Waals surface area contributed by atoms with E-state index in [1.165, 1.54) is 0 Å². The van der Waals surface area contributed by atoms with Gasteiger partial charge in [0.15, 0.2) is 0 Å². The van der Waals surface area contributed by atoms with Crippen molar-refractivity contribution in [2.24, 2.45) is 0 Å². The number of aromatic nitrogens is 2. The maximum absolute atomic E-state index is 6.10. The van der Waals surface area contributed by atoms with Crippen LogP contribution in [-0.2, 0) is 0 Å². The van der Waals surface area contributed by atoms with Gasteiger partial charge in [-0.2, -0.15) is 0 Å². The SMILES string of the molecule is Cc1cc(N)c(Cl)cc1Sc1ncnc2ccccc12. The number of fused-ring (bicyclic) bond motifs is 1. The zero-order chi connectivity index (χ0) is 14.1. The van der Waals surface area contributed by atoms with E-state index in [9.17, 15) is 0 Å². The summed E-state index contributed by atoms with van der Waals surface area (Å²) in [5.41, 5.74) is 8.42. The van der Waals surface area contributed by atoms with Crippen LogP contribution in [0.25, 0.3) is 10.9 Å². The van der Waals surface area contributed by atoms with Crippen LogP contribution in [0.1, 0.15) is 5.56 Å². The summed E-state index contributed by atoms with van der Waals surface area (Å²) in [5.74, 6) is 0. The Morgan fingerprint density at radius 1 is 1.15 bits per heavy atom. The first kappa shape index (κ1) is 13.2. The minimum Gasteiger partial charge on any atom is -0.398 e. The van der Waals surface area contributed by atoms with Crippen LogP contribution in [0.2, 0.25) is 5.02 Å². The van der Waals surface area contributed by atoms with Gasteiger partial charge < -0.3 is 5.73 Å². The van der Waals surface area contributed by atoms with Crippen molar-refractivity contribution in [3.05, 3.63) is 53.3 Å².